The molecule has 2 nitrogen and oxygen atoms in total. The Morgan fingerprint density at radius 2 is 2.50 bits per heavy atom. The Balaban J connectivity index is 2.21. The molecule has 1 aliphatic carbocycles. The van der Waals surface area contributed by atoms with Crippen LogP contribution >= 0.6 is 0 Å². The fraction of sp³-hybridized carbons (Fsp3) is 0.800. The lowest BCUT2D eigenvalue weighted by Crippen LogP contribution is -1.88. The monoisotopic (exact) mass is 167 g/mol. The summed E-state index contributed by atoms with van der Waals surface area (Å²) in [6, 6.07) is 0. The molecule has 1 saturated carbocycles. The molecule has 0 amide bonds. The molecular formula is C10H17NO. The summed E-state index contributed by atoms with van der Waals surface area (Å²) in [6.07, 6.45) is 8.22. The van der Waals surface area contributed by atoms with Gasteiger partial charge < -0.3 is 0 Å². The van der Waals surface area contributed by atoms with Crippen molar-refractivity contribution in [1.29, 1.82) is 0 Å². The molecule has 12 heavy (non-hydrogen) atoms. The molecule has 2 heteroatoms. The number of nitroso groups, excluding NO2 is 1. The van der Waals surface area contributed by atoms with Gasteiger partial charge in [0, 0.05) is 0 Å². The van der Waals surface area contributed by atoms with Crippen LogP contribution in [0.1, 0.15) is 39.0 Å². The second kappa shape index (κ2) is 5.07. The molecule has 0 radical (unpaired) electrons. The molecular weight excluding hydrogens is 150 g/mol. The standard InChI is InChI=1S/C10H17NO/c1-9-5-4-7-10(9)6-2-3-8-11-12/h6,9H,2-5,7-8H2,1H3/b10-6-. The van der Waals surface area contributed by atoms with E-state index in [1.54, 1.807) is 5.57 Å². The maximum absolute atomic E-state index is 9.79. The van der Waals surface area contributed by atoms with Crippen LogP contribution in [0.5, 0.6) is 0 Å². The van der Waals surface area contributed by atoms with Crippen LogP contribution < -0.4 is 0 Å². The zero-order valence-electron chi connectivity index (χ0n) is 7.75. The van der Waals surface area contributed by atoms with Crippen molar-refractivity contribution in [2.45, 2.75) is 39.0 Å². The van der Waals surface area contributed by atoms with Gasteiger partial charge in [0.25, 0.3) is 0 Å². The predicted molar refractivity (Wildman–Crippen MR) is 51.0 cm³/mol. The van der Waals surface area contributed by atoms with Gasteiger partial charge in [-0.2, -0.15) is 4.91 Å². The molecule has 0 aromatic carbocycles. The molecule has 0 aliphatic heterocycles. The van der Waals surface area contributed by atoms with Gasteiger partial charge in [-0.3, -0.25) is 0 Å². The highest BCUT2D eigenvalue weighted by Crippen LogP contribution is 2.30. The quantitative estimate of drug-likeness (QED) is 0.359. The van der Waals surface area contributed by atoms with Crippen molar-refractivity contribution in [2.24, 2.45) is 11.1 Å². The normalized spacial score (nSPS) is 26.4. The first-order valence-electron chi connectivity index (χ1n) is 4.82. The summed E-state index contributed by atoms with van der Waals surface area (Å²) >= 11 is 0. The van der Waals surface area contributed by atoms with Crippen molar-refractivity contribution in [1.82, 2.24) is 0 Å². The Morgan fingerprint density at radius 1 is 1.67 bits per heavy atom. The third kappa shape index (κ3) is 2.76. The van der Waals surface area contributed by atoms with E-state index >= 15 is 0 Å². The lowest BCUT2D eigenvalue weighted by Gasteiger charge is -2.02. The zero-order chi connectivity index (χ0) is 8.81. The smallest absolute Gasteiger partial charge is 0.0814 e. The van der Waals surface area contributed by atoms with E-state index in [4.69, 9.17) is 0 Å². The van der Waals surface area contributed by atoms with Crippen LogP contribution in [0.25, 0.3) is 0 Å². The van der Waals surface area contributed by atoms with Crippen LogP contribution in [0.3, 0.4) is 0 Å². The van der Waals surface area contributed by atoms with Crippen LogP contribution in [0.2, 0.25) is 0 Å². The molecule has 0 aromatic rings. The molecule has 0 heterocycles. The summed E-state index contributed by atoms with van der Waals surface area (Å²) in [5, 5.41) is 2.84. The van der Waals surface area contributed by atoms with Gasteiger partial charge in [-0.25, -0.2) is 0 Å². The number of hydrogen-bond donors (Lipinski definition) is 0. The van der Waals surface area contributed by atoms with E-state index in [9.17, 15) is 4.91 Å². The minimum Gasteiger partial charge on any atom is -0.151 e. The number of rotatable bonds is 4. The third-order valence-corrected chi connectivity index (χ3v) is 2.60. The molecule has 1 fully saturated rings. The minimum atomic E-state index is 0.470. The van der Waals surface area contributed by atoms with E-state index in [0.29, 0.717) is 6.54 Å². The Kier molecular flexibility index (Phi) is 3.98. The third-order valence-electron chi connectivity index (χ3n) is 2.60. The number of hydrogen-bond acceptors (Lipinski definition) is 2. The van der Waals surface area contributed by atoms with Gasteiger partial charge in [0.15, 0.2) is 0 Å². The van der Waals surface area contributed by atoms with Gasteiger partial charge in [0.05, 0.1) is 6.54 Å². The average molecular weight is 167 g/mol. The van der Waals surface area contributed by atoms with E-state index in [1.807, 2.05) is 0 Å². The molecule has 1 unspecified atom stereocenters. The second-order valence-corrected chi connectivity index (χ2v) is 3.57. The molecule has 1 rings (SSSR count). The van der Waals surface area contributed by atoms with Crippen molar-refractivity contribution in [3.05, 3.63) is 16.6 Å². The summed E-state index contributed by atoms with van der Waals surface area (Å²) in [7, 11) is 0. The number of unbranched alkanes of at least 4 members (excludes halogenated alkanes) is 1. The van der Waals surface area contributed by atoms with Crippen LogP contribution in [-0.4, -0.2) is 6.54 Å². The SMILES string of the molecule is CC1CCC/C1=C/CCCN=O. The Hall–Kier alpha value is -0.660. The van der Waals surface area contributed by atoms with E-state index in [-0.39, 0.29) is 0 Å². The van der Waals surface area contributed by atoms with Gasteiger partial charge in [-0.1, -0.05) is 23.7 Å². The maximum atomic E-state index is 9.79. The van der Waals surface area contributed by atoms with Gasteiger partial charge >= 0.3 is 0 Å². The fourth-order valence-electron chi connectivity index (χ4n) is 1.79. The number of nitrogens with zero attached hydrogens (tertiary/aromatic N) is 1. The summed E-state index contributed by atoms with van der Waals surface area (Å²) < 4.78 is 0. The van der Waals surface area contributed by atoms with Crippen LogP contribution in [0.4, 0.5) is 0 Å². The van der Waals surface area contributed by atoms with E-state index in [0.717, 1.165) is 18.8 Å². The predicted octanol–water partition coefficient (Wildman–Crippen LogP) is 3.28. The van der Waals surface area contributed by atoms with Crippen LogP contribution in [-0.2, 0) is 0 Å². The first-order chi connectivity index (χ1) is 5.84. The highest BCUT2D eigenvalue weighted by atomic mass is 16.3. The molecule has 0 saturated heterocycles. The Labute approximate surface area is 74.0 Å². The fourth-order valence-corrected chi connectivity index (χ4v) is 1.79. The van der Waals surface area contributed by atoms with E-state index in [2.05, 4.69) is 18.2 Å². The molecule has 0 N–H and O–H groups in total. The maximum Gasteiger partial charge on any atom is 0.0814 e. The largest absolute Gasteiger partial charge is 0.151 e. The zero-order valence-corrected chi connectivity index (χ0v) is 7.75. The Morgan fingerprint density at radius 3 is 3.08 bits per heavy atom. The number of allylic oxidation sites excluding steroid dienone is 2. The van der Waals surface area contributed by atoms with E-state index < -0.39 is 0 Å². The second-order valence-electron chi connectivity index (χ2n) is 3.57. The van der Waals surface area contributed by atoms with Crippen molar-refractivity contribution < 1.29 is 0 Å². The van der Waals surface area contributed by atoms with Gasteiger partial charge in [-0.05, 0) is 38.0 Å². The molecule has 0 spiro atoms. The highest BCUT2D eigenvalue weighted by Gasteiger charge is 2.14. The summed E-state index contributed by atoms with van der Waals surface area (Å²) in [5.74, 6) is 0.786. The molecule has 1 aliphatic rings. The van der Waals surface area contributed by atoms with Crippen molar-refractivity contribution in [3.63, 3.8) is 0 Å². The summed E-state index contributed by atoms with van der Waals surface area (Å²) in [6.45, 7) is 2.76. The minimum absolute atomic E-state index is 0.470. The van der Waals surface area contributed by atoms with Crippen LogP contribution in [0.15, 0.2) is 16.8 Å². The van der Waals surface area contributed by atoms with Crippen molar-refractivity contribution in [3.8, 4) is 0 Å². The lowest BCUT2D eigenvalue weighted by molar-refractivity contribution is 0.691. The Bertz CT molecular complexity index is 175. The van der Waals surface area contributed by atoms with Crippen LogP contribution in [0, 0.1) is 10.8 Å². The molecule has 0 aromatic heterocycles. The highest BCUT2D eigenvalue weighted by molar-refractivity contribution is 5.09. The lowest BCUT2D eigenvalue weighted by atomic mass is 10.0. The topological polar surface area (TPSA) is 29.4 Å². The van der Waals surface area contributed by atoms with Crippen molar-refractivity contribution in [2.75, 3.05) is 6.54 Å². The van der Waals surface area contributed by atoms with Gasteiger partial charge in [-0.15, -0.1) is 0 Å². The van der Waals surface area contributed by atoms with E-state index in [1.165, 1.54) is 19.3 Å². The summed E-state index contributed by atoms with van der Waals surface area (Å²) in [5.41, 5.74) is 1.60. The van der Waals surface area contributed by atoms with Crippen molar-refractivity contribution >= 4 is 0 Å². The first kappa shape index (κ1) is 9.43. The summed E-state index contributed by atoms with van der Waals surface area (Å²) in [4.78, 5) is 9.79. The average Bonchev–Trinajstić information content (AvgIpc) is 2.46. The van der Waals surface area contributed by atoms with Gasteiger partial charge in [0.1, 0.15) is 0 Å². The molecule has 68 valence electrons. The first-order valence-corrected chi connectivity index (χ1v) is 4.82. The van der Waals surface area contributed by atoms with Gasteiger partial charge in [0.2, 0.25) is 0 Å². The molecule has 0 bridgehead atoms. The molecule has 1 atom stereocenters.